The molecule has 180 valence electrons. The number of aliphatic hydroxyl groups excluding tert-OH is 1. The number of cyclic esters (lactones) is 1. The minimum Gasteiger partial charge on any atom is -0.472 e. The van der Waals surface area contributed by atoms with Gasteiger partial charge >= 0.3 is 5.97 Å². The minimum atomic E-state index is -1.58. The molecule has 6 rings (SSSR count). The van der Waals surface area contributed by atoms with E-state index in [0.717, 1.165) is 0 Å². The molecule has 1 aromatic rings. The molecule has 0 amide bonds. The number of fused-ring (bicyclic) bond motifs is 3. The van der Waals surface area contributed by atoms with Gasteiger partial charge in [-0.1, -0.05) is 13.8 Å². The minimum absolute atomic E-state index is 0.0718. The molecule has 0 radical (unpaired) electrons. The van der Waals surface area contributed by atoms with Gasteiger partial charge in [0.1, 0.15) is 17.5 Å². The SMILES string of the molecule is CC1(C)O[C@](C)(O)[C@@]2(C)C3[C@@H](O)C[C@@]4(C)[C@H](c5ccoc5)OC(=O)[C@H]5O[C@@]54[C@]3(C)C(=O)C[C@@H]12. The van der Waals surface area contributed by atoms with Gasteiger partial charge in [-0.15, -0.1) is 0 Å². The molecule has 10 atom stereocenters. The van der Waals surface area contributed by atoms with E-state index < -0.39 is 63.4 Å². The van der Waals surface area contributed by atoms with Crippen molar-refractivity contribution in [3.8, 4) is 0 Å². The van der Waals surface area contributed by atoms with Crippen molar-refractivity contribution < 1.29 is 38.4 Å². The molecule has 1 spiro atoms. The first kappa shape index (κ1) is 21.8. The first-order chi connectivity index (χ1) is 15.2. The van der Waals surface area contributed by atoms with Crippen LogP contribution < -0.4 is 0 Å². The van der Waals surface area contributed by atoms with E-state index in [9.17, 15) is 19.8 Å². The van der Waals surface area contributed by atoms with Gasteiger partial charge in [0.2, 0.25) is 0 Å². The highest BCUT2D eigenvalue weighted by atomic mass is 16.7. The second-order valence-corrected chi connectivity index (χ2v) is 12.1. The van der Waals surface area contributed by atoms with Gasteiger partial charge in [-0.3, -0.25) is 4.79 Å². The number of hydrogen-bond donors (Lipinski definition) is 2. The Morgan fingerprint density at radius 3 is 2.39 bits per heavy atom. The van der Waals surface area contributed by atoms with E-state index in [-0.39, 0.29) is 24.5 Å². The highest BCUT2D eigenvalue weighted by molar-refractivity contribution is 5.93. The Morgan fingerprint density at radius 2 is 1.76 bits per heavy atom. The molecular weight excluding hydrogens is 428 g/mol. The zero-order valence-corrected chi connectivity index (χ0v) is 19.9. The molecule has 33 heavy (non-hydrogen) atoms. The Hall–Kier alpha value is -1.74. The molecule has 4 heterocycles. The summed E-state index contributed by atoms with van der Waals surface area (Å²) in [5.41, 5.74) is -4.31. The molecular formula is C25H32O8. The fourth-order valence-corrected chi connectivity index (χ4v) is 9.06. The first-order valence-electron chi connectivity index (χ1n) is 11.7. The summed E-state index contributed by atoms with van der Waals surface area (Å²) >= 11 is 0. The average Bonchev–Trinajstić information content (AvgIpc) is 3.23. The molecule has 3 aliphatic heterocycles. The van der Waals surface area contributed by atoms with Crippen LogP contribution in [0.1, 0.15) is 66.1 Å². The summed E-state index contributed by atoms with van der Waals surface area (Å²) in [7, 11) is 0. The topological polar surface area (TPSA) is 119 Å². The number of aliphatic hydroxyl groups is 2. The second kappa shape index (κ2) is 5.73. The Balaban J connectivity index is 1.58. The molecule has 2 saturated carbocycles. The Labute approximate surface area is 192 Å². The predicted octanol–water partition coefficient (Wildman–Crippen LogP) is 2.52. The summed E-state index contributed by atoms with van der Waals surface area (Å²) in [6, 6.07) is 1.73. The van der Waals surface area contributed by atoms with Crippen molar-refractivity contribution in [3.63, 3.8) is 0 Å². The van der Waals surface area contributed by atoms with Gasteiger partial charge in [0, 0.05) is 34.7 Å². The van der Waals surface area contributed by atoms with E-state index >= 15 is 0 Å². The number of carbonyl (C=O) groups is 2. The summed E-state index contributed by atoms with van der Waals surface area (Å²) in [5.74, 6) is -3.15. The zero-order valence-electron chi connectivity index (χ0n) is 19.9. The number of epoxide rings is 1. The molecule has 1 unspecified atom stereocenters. The lowest BCUT2D eigenvalue weighted by molar-refractivity contribution is -0.289. The number of ketones is 1. The molecule has 8 nitrogen and oxygen atoms in total. The van der Waals surface area contributed by atoms with Crippen LogP contribution >= 0.6 is 0 Å². The van der Waals surface area contributed by atoms with Gasteiger partial charge in [-0.05, 0) is 40.2 Å². The summed E-state index contributed by atoms with van der Waals surface area (Å²) in [6.45, 7) is 11.0. The van der Waals surface area contributed by atoms with Gasteiger partial charge < -0.3 is 28.8 Å². The second-order valence-electron chi connectivity index (χ2n) is 12.1. The Kier molecular flexibility index (Phi) is 3.78. The van der Waals surface area contributed by atoms with Gasteiger partial charge in [0.25, 0.3) is 0 Å². The van der Waals surface area contributed by atoms with Crippen LogP contribution in [-0.4, -0.2) is 51.2 Å². The summed E-state index contributed by atoms with van der Waals surface area (Å²) < 4.78 is 23.5. The Morgan fingerprint density at radius 1 is 1.06 bits per heavy atom. The molecule has 2 aliphatic carbocycles. The number of Topliss-reactive ketones (excluding diaryl/α,β-unsaturated/α-hetero) is 1. The van der Waals surface area contributed by atoms with Crippen molar-refractivity contribution in [1.29, 1.82) is 0 Å². The van der Waals surface area contributed by atoms with Crippen LogP contribution in [0.5, 0.6) is 0 Å². The Bertz CT molecular complexity index is 1060. The van der Waals surface area contributed by atoms with E-state index in [1.54, 1.807) is 13.0 Å². The third-order valence-electron chi connectivity index (χ3n) is 10.4. The number of carbonyl (C=O) groups excluding carboxylic acids is 2. The number of esters is 1. The lowest BCUT2D eigenvalue weighted by Gasteiger charge is -2.66. The maximum atomic E-state index is 14.1. The number of ether oxygens (including phenoxy) is 3. The number of hydrogen-bond acceptors (Lipinski definition) is 8. The van der Waals surface area contributed by atoms with Crippen LogP contribution in [0, 0.1) is 28.1 Å². The third kappa shape index (κ3) is 2.06. The monoisotopic (exact) mass is 460 g/mol. The summed E-state index contributed by atoms with van der Waals surface area (Å²) in [4.78, 5) is 27.2. The van der Waals surface area contributed by atoms with Gasteiger partial charge in [0.05, 0.1) is 29.6 Å². The molecule has 5 aliphatic rings. The predicted molar refractivity (Wildman–Crippen MR) is 112 cm³/mol. The number of rotatable bonds is 1. The van der Waals surface area contributed by atoms with Crippen molar-refractivity contribution in [3.05, 3.63) is 24.2 Å². The van der Waals surface area contributed by atoms with Crippen LogP contribution in [0.25, 0.3) is 0 Å². The van der Waals surface area contributed by atoms with Crippen LogP contribution in [0.2, 0.25) is 0 Å². The van der Waals surface area contributed by atoms with Crippen molar-refractivity contribution in [1.82, 2.24) is 0 Å². The molecule has 2 N–H and O–H groups in total. The fraction of sp³-hybridized carbons (Fsp3) is 0.760. The highest BCUT2D eigenvalue weighted by Gasteiger charge is 2.91. The highest BCUT2D eigenvalue weighted by Crippen LogP contribution is 2.80. The third-order valence-corrected chi connectivity index (χ3v) is 10.4. The summed E-state index contributed by atoms with van der Waals surface area (Å²) in [5, 5.41) is 23.3. The van der Waals surface area contributed by atoms with Crippen molar-refractivity contribution >= 4 is 11.8 Å². The smallest absolute Gasteiger partial charge is 0.339 e. The molecule has 8 heteroatoms. The van der Waals surface area contributed by atoms with Crippen molar-refractivity contribution in [2.45, 2.75) is 89.7 Å². The zero-order chi connectivity index (χ0) is 24.0. The van der Waals surface area contributed by atoms with Crippen molar-refractivity contribution in [2.24, 2.45) is 28.1 Å². The molecule has 1 aromatic heterocycles. The van der Waals surface area contributed by atoms with Crippen LogP contribution in [-0.2, 0) is 23.8 Å². The lowest BCUT2D eigenvalue weighted by Crippen LogP contribution is -2.75. The summed E-state index contributed by atoms with van der Waals surface area (Å²) in [6.07, 6.45) is 0.855. The largest absolute Gasteiger partial charge is 0.472 e. The van der Waals surface area contributed by atoms with E-state index in [0.29, 0.717) is 5.56 Å². The van der Waals surface area contributed by atoms with Crippen LogP contribution in [0.15, 0.2) is 23.0 Å². The standard InChI is InChI=1S/C25H32O8/c1-20(2)14-9-15(27)23(5)16(22(14,4)24(6,29)33-20)13(26)10-21(3)17(12-7-8-30-11-12)31-19(28)18-25(21,23)32-18/h7-8,11,13-14,16-18,26,29H,9-10H2,1-6H3/t13-,14-,16?,17-,18+,21-,22+,23+,24-,25-/m0/s1. The molecule has 5 fully saturated rings. The molecule has 0 aromatic carbocycles. The van der Waals surface area contributed by atoms with Gasteiger partial charge in [-0.25, -0.2) is 4.79 Å². The van der Waals surface area contributed by atoms with Gasteiger partial charge in [0.15, 0.2) is 11.9 Å². The quantitative estimate of drug-likeness (QED) is 0.485. The fourth-order valence-electron chi connectivity index (χ4n) is 9.06. The van der Waals surface area contributed by atoms with Gasteiger partial charge in [-0.2, -0.15) is 0 Å². The average molecular weight is 461 g/mol. The van der Waals surface area contributed by atoms with E-state index in [4.69, 9.17) is 18.6 Å². The van der Waals surface area contributed by atoms with Crippen LogP contribution in [0.4, 0.5) is 0 Å². The van der Waals surface area contributed by atoms with Crippen LogP contribution in [0.3, 0.4) is 0 Å². The van der Waals surface area contributed by atoms with E-state index in [1.807, 2.05) is 34.6 Å². The van der Waals surface area contributed by atoms with E-state index in [2.05, 4.69) is 0 Å². The van der Waals surface area contributed by atoms with E-state index in [1.165, 1.54) is 12.5 Å². The molecule has 3 saturated heterocycles. The first-order valence-corrected chi connectivity index (χ1v) is 11.7. The normalized spacial score (nSPS) is 56.3. The molecule has 0 bridgehead atoms. The van der Waals surface area contributed by atoms with Crippen molar-refractivity contribution in [2.75, 3.05) is 0 Å². The number of furan rings is 1. The maximum absolute atomic E-state index is 14.1. The maximum Gasteiger partial charge on any atom is 0.339 e. The lowest BCUT2D eigenvalue weighted by atomic mass is 9.36.